The molecule has 0 saturated carbocycles. The van der Waals surface area contributed by atoms with Crippen LogP contribution < -0.4 is 4.90 Å². The van der Waals surface area contributed by atoms with Crippen LogP contribution in [0.25, 0.3) is 11.9 Å². The number of anilines is 1. The molecule has 0 radical (unpaired) electrons. The number of aryl methyl sites for hydroxylation is 2. The number of hydrogen-bond donors (Lipinski definition) is 0. The van der Waals surface area contributed by atoms with Gasteiger partial charge < -0.3 is 14.3 Å². The maximum atomic E-state index is 12.7. The zero-order valence-corrected chi connectivity index (χ0v) is 18.6. The average molecular weight is 459 g/mol. The van der Waals surface area contributed by atoms with Gasteiger partial charge in [0, 0.05) is 55.9 Å². The number of hydrogen-bond acceptors (Lipinski definition) is 5. The summed E-state index contributed by atoms with van der Waals surface area (Å²) < 4.78 is 45.3. The number of carbonyl (C=O) groups excluding carboxylic acids is 1. The van der Waals surface area contributed by atoms with Crippen molar-refractivity contribution in [2.24, 2.45) is 0 Å². The second kappa shape index (κ2) is 8.76. The highest BCUT2D eigenvalue weighted by Gasteiger charge is 2.31. The van der Waals surface area contributed by atoms with Crippen molar-refractivity contribution in [3.63, 3.8) is 0 Å². The molecule has 4 heterocycles. The van der Waals surface area contributed by atoms with Gasteiger partial charge in [0.2, 0.25) is 5.91 Å². The van der Waals surface area contributed by atoms with Crippen molar-refractivity contribution in [1.82, 2.24) is 19.6 Å². The van der Waals surface area contributed by atoms with Crippen molar-refractivity contribution in [1.29, 1.82) is 0 Å². The van der Waals surface area contributed by atoms with Crippen molar-refractivity contribution >= 4 is 17.8 Å². The molecule has 3 aromatic rings. The number of rotatable bonds is 4. The average Bonchev–Trinajstić information content (AvgIpc) is 3.33. The van der Waals surface area contributed by atoms with Crippen molar-refractivity contribution < 1.29 is 22.5 Å². The summed E-state index contributed by atoms with van der Waals surface area (Å²) in [5, 5.41) is 4.06. The van der Waals surface area contributed by atoms with E-state index in [9.17, 15) is 18.0 Å². The fraction of sp³-hybridized carbons (Fsp3) is 0.348. The maximum Gasteiger partial charge on any atom is 0.417 e. The van der Waals surface area contributed by atoms with E-state index < -0.39 is 11.7 Å². The Kier molecular flexibility index (Phi) is 6.01. The summed E-state index contributed by atoms with van der Waals surface area (Å²) in [4.78, 5) is 20.2. The first-order valence-corrected chi connectivity index (χ1v) is 10.5. The molecule has 0 bridgehead atoms. The normalized spacial score (nSPS) is 15.0. The number of piperazine rings is 1. The van der Waals surface area contributed by atoms with Crippen molar-refractivity contribution in [3.05, 3.63) is 64.8 Å². The largest absolute Gasteiger partial charge is 0.417 e. The number of amides is 1. The Labute approximate surface area is 189 Å². The SMILES string of the molecule is Cc1cc(-n2c(C)cc(C=CC(=O)N3CCN(c4ccc(C(F)(F)F)cn4)CC3)c2C)no1. The number of halogens is 3. The molecular weight excluding hydrogens is 435 g/mol. The van der Waals surface area contributed by atoms with Crippen LogP contribution in [0.4, 0.5) is 19.0 Å². The fourth-order valence-corrected chi connectivity index (χ4v) is 3.93. The van der Waals surface area contributed by atoms with Gasteiger partial charge in [-0.25, -0.2) is 4.98 Å². The van der Waals surface area contributed by atoms with Gasteiger partial charge in [0.1, 0.15) is 11.6 Å². The minimum absolute atomic E-state index is 0.114. The van der Waals surface area contributed by atoms with E-state index in [1.807, 2.05) is 42.4 Å². The lowest BCUT2D eigenvalue weighted by Crippen LogP contribution is -2.48. The quantitative estimate of drug-likeness (QED) is 0.548. The molecule has 1 fully saturated rings. The van der Waals surface area contributed by atoms with E-state index in [0.29, 0.717) is 37.8 Å². The first kappa shape index (κ1) is 22.6. The second-order valence-electron chi connectivity index (χ2n) is 8.01. The molecule has 33 heavy (non-hydrogen) atoms. The van der Waals surface area contributed by atoms with Crippen molar-refractivity contribution in [2.45, 2.75) is 26.9 Å². The van der Waals surface area contributed by atoms with E-state index in [1.165, 1.54) is 6.07 Å². The zero-order chi connectivity index (χ0) is 23.8. The molecule has 4 rings (SSSR count). The van der Waals surface area contributed by atoms with Gasteiger partial charge in [-0.1, -0.05) is 5.16 Å². The third kappa shape index (κ3) is 4.79. The van der Waals surface area contributed by atoms with Gasteiger partial charge in [-0.05, 0) is 50.6 Å². The molecule has 1 amide bonds. The Hall–Kier alpha value is -3.56. The highest BCUT2D eigenvalue weighted by Crippen LogP contribution is 2.29. The van der Waals surface area contributed by atoms with Gasteiger partial charge in [0.15, 0.2) is 5.82 Å². The van der Waals surface area contributed by atoms with Gasteiger partial charge in [-0.15, -0.1) is 0 Å². The van der Waals surface area contributed by atoms with E-state index in [-0.39, 0.29) is 5.91 Å². The van der Waals surface area contributed by atoms with Crippen molar-refractivity contribution in [2.75, 3.05) is 31.1 Å². The summed E-state index contributed by atoms with van der Waals surface area (Å²) in [7, 11) is 0. The lowest BCUT2D eigenvalue weighted by atomic mass is 10.2. The predicted octanol–water partition coefficient (Wildman–Crippen LogP) is 4.17. The van der Waals surface area contributed by atoms with Gasteiger partial charge in [0.25, 0.3) is 0 Å². The minimum atomic E-state index is -4.41. The van der Waals surface area contributed by atoms with Crippen LogP contribution in [-0.4, -0.2) is 51.7 Å². The highest BCUT2D eigenvalue weighted by atomic mass is 19.4. The van der Waals surface area contributed by atoms with Crippen LogP contribution in [0.5, 0.6) is 0 Å². The van der Waals surface area contributed by atoms with Gasteiger partial charge in [-0.3, -0.25) is 9.36 Å². The summed E-state index contributed by atoms with van der Waals surface area (Å²) in [5.41, 5.74) is 2.06. The molecular formula is C23H24F3N5O2. The zero-order valence-electron chi connectivity index (χ0n) is 18.6. The summed E-state index contributed by atoms with van der Waals surface area (Å²) in [5.74, 6) is 1.77. The first-order chi connectivity index (χ1) is 15.6. The molecule has 174 valence electrons. The van der Waals surface area contributed by atoms with E-state index in [1.54, 1.807) is 17.1 Å². The maximum absolute atomic E-state index is 12.7. The summed E-state index contributed by atoms with van der Waals surface area (Å²) >= 11 is 0. The Balaban J connectivity index is 1.38. The molecule has 0 unspecified atom stereocenters. The van der Waals surface area contributed by atoms with Crippen molar-refractivity contribution in [3.8, 4) is 5.82 Å². The first-order valence-electron chi connectivity index (χ1n) is 10.5. The van der Waals surface area contributed by atoms with E-state index in [2.05, 4.69) is 10.1 Å². The number of pyridine rings is 1. The van der Waals surface area contributed by atoms with Crippen LogP contribution in [0, 0.1) is 20.8 Å². The smallest absolute Gasteiger partial charge is 0.360 e. The Morgan fingerprint density at radius 2 is 1.79 bits per heavy atom. The third-order valence-electron chi connectivity index (χ3n) is 5.71. The highest BCUT2D eigenvalue weighted by molar-refractivity contribution is 5.92. The molecule has 0 aromatic carbocycles. The summed E-state index contributed by atoms with van der Waals surface area (Å²) in [6.45, 7) is 7.67. The molecule has 0 aliphatic carbocycles. The molecule has 10 heteroatoms. The van der Waals surface area contributed by atoms with Crippen LogP contribution in [0.3, 0.4) is 0 Å². The summed E-state index contributed by atoms with van der Waals surface area (Å²) in [6, 6.07) is 6.23. The molecule has 1 aliphatic rings. The third-order valence-corrected chi connectivity index (χ3v) is 5.71. The number of alkyl halides is 3. The molecule has 3 aromatic heterocycles. The van der Waals surface area contributed by atoms with Gasteiger partial charge in [0.05, 0.1) is 5.56 Å². The van der Waals surface area contributed by atoms with Crippen LogP contribution >= 0.6 is 0 Å². The Bertz CT molecular complexity index is 1170. The molecule has 1 aliphatic heterocycles. The standard InChI is InChI=1S/C23H24F3N5O2/c1-15-12-18(17(3)31(15)21-13-16(2)33-28-21)4-7-22(32)30-10-8-29(9-11-30)20-6-5-19(14-27-20)23(24,25)26/h4-7,12-14H,8-11H2,1-3H3. The lowest BCUT2D eigenvalue weighted by molar-refractivity contribution is -0.137. The molecule has 7 nitrogen and oxygen atoms in total. The van der Waals surface area contributed by atoms with E-state index in [0.717, 1.165) is 35.0 Å². The molecule has 1 saturated heterocycles. The van der Waals surface area contributed by atoms with E-state index in [4.69, 9.17) is 4.52 Å². The van der Waals surface area contributed by atoms with Gasteiger partial charge in [-0.2, -0.15) is 13.2 Å². The Morgan fingerprint density at radius 3 is 2.36 bits per heavy atom. The number of nitrogens with zero attached hydrogens (tertiary/aromatic N) is 5. The van der Waals surface area contributed by atoms with Crippen LogP contribution in [0.15, 0.2) is 41.1 Å². The van der Waals surface area contributed by atoms with Gasteiger partial charge >= 0.3 is 6.18 Å². The Morgan fingerprint density at radius 1 is 1.06 bits per heavy atom. The second-order valence-corrected chi connectivity index (χ2v) is 8.01. The number of carbonyl (C=O) groups is 1. The number of aromatic nitrogens is 3. The molecule has 0 atom stereocenters. The topological polar surface area (TPSA) is 67.4 Å². The van der Waals surface area contributed by atoms with Crippen LogP contribution in [0.2, 0.25) is 0 Å². The van der Waals surface area contributed by atoms with Crippen LogP contribution in [-0.2, 0) is 11.0 Å². The fourth-order valence-electron chi connectivity index (χ4n) is 3.93. The monoisotopic (exact) mass is 459 g/mol. The minimum Gasteiger partial charge on any atom is -0.360 e. The molecule has 0 N–H and O–H groups in total. The molecule has 0 spiro atoms. The predicted molar refractivity (Wildman–Crippen MR) is 117 cm³/mol. The summed E-state index contributed by atoms with van der Waals surface area (Å²) in [6.07, 6.45) is -0.231. The lowest BCUT2D eigenvalue weighted by Gasteiger charge is -2.35. The van der Waals surface area contributed by atoms with E-state index >= 15 is 0 Å². The van der Waals surface area contributed by atoms with Crippen LogP contribution in [0.1, 0.15) is 28.3 Å².